The zero-order chi connectivity index (χ0) is 14.0. The molecule has 1 aliphatic rings. The molecule has 0 aromatic carbocycles. The van der Waals surface area contributed by atoms with Crippen LogP contribution in [0.2, 0.25) is 0 Å². The number of carbonyl (C=O) groups excluding carboxylic acids is 1. The highest BCUT2D eigenvalue weighted by atomic mass is 79.9. The molecule has 0 bridgehead atoms. The van der Waals surface area contributed by atoms with Crippen LogP contribution in [0, 0.1) is 10.1 Å². The van der Waals surface area contributed by atoms with Crippen LogP contribution in [0.5, 0.6) is 0 Å². The number of nitro groups is 1. The normalized spacial score (nSPS) is 15.6. The molecule has 0 atom stereocenters. The lowest BCUT2D eigenvalue weighted by molar-refractivity contribution is -0.386. The molecule has 7 nitrogen and oxygen atoms in total. The van der Waals surface area contributed by atoms with Crippen LogP contribution in [0.4, 0.5) is 5.69 Å². The van der Waals surface area contributed by atoms with Crippen molar-refractivity contribution in [3.05, 3.63) is 37.2 Å². The van der Waals surface area contributed by atoms with Crippen molar-refractivity contribution in [2.75, 3.05) is 6.54 Å². The standard InChI is InChI=1S/C11H12BrN3O4/c12-8-5-13(6-9(11(8)17)15(18)19)7-14-4-2-1-3-10(14)16/h5-6H,1-4,7H2. The van der Waals surface area contributed by atoms with Crippen LogP contribution in [0.1, 0.15) is 19.3 Å². The van der Waals surface area contributed by atoms with Gasteiger partial charge in [-0.05, 0) is 28.8 Å². The Bertz CT molecular complexity index is 584. The number of halogens is 1. The Kier molecular flexibility index (Phi) is 3.98. The van der Waals surface area contributed by atoms with Gasteiger partial charge in [-0.2, -0.15) is 0 Å². The maximum absolute atomic E-state index is 11.7. The van der Waals surface area contributed by atoms with Crippen LogP contribution in [-0.4, -0.2) is 26.8 Å². The first kappa shape index (κ1) is 13.7. The Balaban J connectivity index is 2.28. The van der Waals surface area contributed by atoms with Crippen LogP contribution in [-0.2, 0) is 11.5 Å². The van der Waals surface area contributed by atoms with Gasteiger partial charge in [0.1, 0.15) is 0 Å². The van der Waals surface area contributed by atoms with Gasteiger partial charge in [0.15, 0.2) is 0 Å². The molecule has 2 heterocycles. The molecule has 0 spiro atoms. The van der Waals surface area contributed by atoms with Crippen molar-refractivity contribution in [3.63, 3.8) is 0 Å². The monoisotopic (exact) mass is 329 g/mol. The number of amides is 1. The molecule has 0 radical (unpaired) electrons. The lowest BCUT2D eigenvalue weighted by atomic mass is 10.1. The van der Waals surface area contributed by atoms with Crippen molar-refractivity contribution in [1.29, 1.82) is 0 Å². The van der Waals surface area contributed by atoms with Crippen LogP contribution >= 0.6 is 15.9 Å². The van der Waals surface area contributed by atoms with Gasteiger partial charge in [-0.25, -0.2) is 0 Å². The molecule has 19 heavy (non-hydrogen) atoms. The van der Waals surface area contributed by atoms with Crippen molar-refractivity contribution in [1.82, 2.24) is 9.47 Å². The summed E-state index contributed by atoms with van der Waals surface area (Å²) < 4.78 is 1.60. The summed E-state index contributed by atoms with van der Waals surface area (Å²) in [7, 11) is 0. The first-order chi connectivity index (χ1) is 8.99. The molecule has 1 aliphatic heterocycles. The molecule has 102 valence electrons. The molecule has 0 N–H and O–H groups in total. The van der Waals surface area contributed by atoms with Gasteiger partial charge in [-0.3, -0.25) is 19.7 Å². The fraction of sp³-hybridized carbons (Fsp3) is 0.455. The summed E-state index contributed by atoms with van der Waals surface area (Å²) in [4.78, 5) is 34.9. The van der Waals surface area contributed by atoms with E-state index in [1.54, 1.807) is 4.90 Å². The number of hydrogen-bond acceptors (Lipinski definition) is 4. The summed E-state index contributed by atoms with van der Waals surface area (Å²) >= 11 is 3.00. The third kappa shape index (κ3) is 3.01. The number of aromatic nitrogens is 1. The molecule has 1 amide bonds. The number of rotatable bonds is 3. The average Bonchev–Trinajstić information content (AvgIpc) is 2.36. The maximum Gasteiger partial charge on any atom is 0.333 e. The largest absolute Gasteiger partial charge is 0.333 e. The fourth-order valence-electron chi connectivity index (χ4n) is 2.00. The lowest BCUT2D eigenvalue weighted by Gasteiger charge is -2.27. The van der Waals surface area contributed by atoms with E-state index >= 15 is 0 Å². The summed E-state index contributed by atoms with van der Waals surface area (Å²) in [6.07, 6.45) is 4.92. The zero-order valence-corrected chi connectivity index (χ0v) is 11.6. The van der Waals surface area contributed by atoms with Gasteiger partial charge in [0.05, 0.1) is 22.3 Å². The van der Waals surface area contributed by atoms with Crippen molar-refractivity contribution in [3.8, 4) is 0 Å². The van der Waals surface area contributed by atoms with Crippen LogP contribution < -0.4 is 5.43 Å². The van der Waals surface area contributed by atoms with E-state index in [2.05, 4.69) is 15.9 Å². The second-order valence-electron chi connectivity index (χ2n) is 4.35. The molecule has 0 aliphatic carbocycles. The summed E-state index contributed by atoms with van der Waals surface area (Å²) in [5.41, 5.74) is -1.16. The van der Waals surface area contributed by atoms with E-state index in [9.17, 15) is 19.7 Å². The van der Waals surface area contributed by atoms with Crippen LogP contribution in [0.25, 0.3) is 0 Å². The number of carbonyl (C=O) groups is 1. The lowest BCUT2D eigenvalue weighted by Crippen LogP contribution is -2.36. The van der Waals surface area contributed by atoms with Crippen molar-refractivity contribution >= 4 is 27.5 Å². The topological polar surface area (TPSA) is 85.5 Å². The van der Waals surface area contributed by atoms with Gasteiger partial charge in [0, 0.05) is 19.2 Å². The predicted molar refractivity (Wildman–Crippen MR) is 70.6 cm³/mol. The zero-order valence-electron chi connectivity index (χ0n) is 10.0. The van der Waals surface area contributed by atoms with Crippen LogP contribution in [0.15, 0.2) is 21.7 Å². The predicted octanol–water partition coefficient (Wildman–Crippen LogP) is 1.49. The Morgan fingerprint density at radius 2 is 2.05 bits per heavy atom. The Morgan fingerprint density at radius 1 is 1.32 bits per heavy atom. The smallest absolute Gasteiger partial charge is 0.329 e. The number of likely N-dealkylation sites (tertiary alicyclic amines) is 1. The van der Waals surface area contributed by atoms with E-state index in [4.69, 9.17) is 0 Å². The molecule has 1 saturated heterocycles. The molecule has 2 rings (SSSR count). The molecular weight excluding hydrogens is 318 g/mol. The second kappa shape index (κ2) is 5.52. The molecular formula is C11H12BrN3O4. The number of pyridine rings is 1. The van der Waals surface area contributed by atoms with Crippen molar-refractivity contribution in [2.45, 2.75) is 25.9 Å². The van der Waals surface area contributed by atoms with E-state index in [0.29, 0.717) is 13.0 Å². The molecule has 1 aromatic heterocycles. The number of hydrogen-bond donors (Lipinski definition) is 0. The van der Waals surface area contributed by atoms with Gasteiger partial charge in [0.25, 0.3) is 5.43 Å². The molecule has 0 unspecified atom stereocenters. The average molecular weight is 330 g/mol. The third-order valence-corrected chi connectivity index (χ3v) is 3.53. The first-order valence-corrected chi connectivity index (χ1v) is 6.60. The highest BCUT2D eigenvalue weighted by molar-refractivity contribution is 9.10. The van der Waals surface area contributed by atoms with Crippen LogP contribution in [0.3, 0.4) is 0 Å². The van der Waals surface area contributed by atoms with Gasteiger partial charge in [-0.1, -0.05) is 0 Å². The minimum Gasteiger partial charge on any atom is -0.329 e. The van der Waals surface area contributed by atoms with Gasteiger partial charge < -0.3 is 9.47 Å². The van der Waals surface area contributed by atoms with Gasteiger partial charge in [0.2, 0.25) is 5.91 Å². The molecule has 1 aromatic rings. The second-order valence-corrected chi connectivity index (χ2v) is 5.20. The van der Waals surface area contributed by atoms with Crippen molar-refractivity contribution in [2.24, 2.45) is 0 Å². The SMILES string of the molecule is O=C1CCCCN1Cn1cc(Br)c(=O)c([N+](=O)[O-])c1. The molecule has 1 fully saturated rings. The Hall–Kier alpha value is -1.70. The maximum atomic E-state index is 11.7. The van der Waals surface area contributed by atoms with Gasteiger partial charge >= 0.3 is 5.69 Å². The Morgan fingerprint density at radius 3 is 2.68 bits per heavy atom. The summed E-state index contributed by atoms with van der Waals surface area (Å²) in [5, 5.41) is 10.8. The fourth-order valence-corrected chi connectivity index (χ4v) is 2.47. The van der Waals surface area contributed by atoms with Crippen molar-refractivity contribution < 1.29 is 9.72 Å². The minimum atomic E-state index is -0.721. The van der Waals surface area contributed by atoms with E-state index in [1.807, 2.05) is 0 Å². The Labute approximate surface area is 117 Å². The van der Waals surface area contributed by atoms with E-state index in [0.717, 1.165) is 19.0 Å². The minimum absolute atomic E-state index is 0.0312. The molecule has 0 saturated carbocycles. The number of nitrogens with zero attached hydrogens (tertiary/aromatic N) is 3. The first-order valence-electron chi connectivity index (χ1n) is 5.81. The quantitative estimate of drug-likeness (QED) is 0.621. The summed E-state index contributed by atoms with van der Waals surface area (Å²) in [6, 6.07) is 0. The molecule has 8 heteroatoms. The number of piperidine rings is 1. The van der Waals surface area contributed by atoms with E-state index in [1.165, 1.54) is 10.8 Å². The van der Waals surface area contributed by atoms with E-state index < -0.39 is 16.0 Å². The van der Waals surface area contributed by atoms with Gasteiger partial charge in [-0.15, -0.1) is 0 Å². The highest BCUT2D eigenvalue weighted by Gasteiger charge is 2.20. The summed E-state index contributed by atoms with van der Waals surface area (Å²) in [6.45, 7) is 0.856. The summed E-state index contributed by atoms with van der Waals surface area (Å²) in [5.74, 6) is 0.0312. The highest BCUT2D eigenvalue weighted by Crippen LogP contribution is 2.15. The van der Waals surface area contributed by atoms with E-state index in [-0.39, 0.29) is 17.0 Å². The third-order valence-electron chi connectivity index (χ3n) is 2.97.